The van der Waals surface area contributed by atoms with E-state index in [2.05, 4.69) is 223 Å². The van der Waals surface area contributed by atoms with Crippen LogP contribution in [0.5, 0.6) is 0 Å². The summed E-state index contributed by atoms with van der Waals surface area (Å²) in [5.41, 5.74) is 0.0106. The van der Waals surface area contributed by atoms with Crippen molar-refractivity contribution in [2.75, 3.05) is 53.5 Å². The SMILES string of the molecule is CCC[C@@H](CNP)OPP.CCC[C@@](C)(CNP)OPP.CCC[C@H](OPP)C(NP)C(=O)NC.CCC[C@H](OPP)C(NP)C(=O)O.C[C@H]1CC(NP)[C@@H](OPP)C1.[2H][C@@H](CNP)OPP.[2H][C@H](OPP)C(NP)C(=O)NC.[2H][C@H](OPP)C(NP)C(=O)O. The zero-order valence-corrected chi connectivity index (χ0v) is 77.7. The van der Waals surface area contributed by atoms with E-state index in [1.165, 1.54) is 26.3 Å². The van der Waals surface area contributed by atoms with E-state index in [1.807, 2.05) is 16.3 Å². The Morgan fingerprint density at radius 3 is 1.43 bits per heavy atom. The van der Waals surface area contributed by atoms with Crippen LogP contribution in [-0.2, 0) is 55.4 Å². The molecule has 528 valence electrons. The topological polar surface area (TPSA) is 303 Å². The van der Waals surface area contributed by atoms with Gasteiger partial charge in [0.1, 0.15) is 24.2 Å². The number of hydrogen-bond donors (Lipinski definition) is 12. The lowest BCUT2D eigenvalue weighted by Crippen LogP contribution is -2.47. The Morgan fingerprint density at radius 2 is 1.08 bits per heavy atom. The van der Waals surface area contributed by atoms with Crippen LogP contribution in [0.1, 0.15) is 110 Å². The maximum absolute atomic E-state index is 11.5. The summed E-state index contributed by atoms with van der Waals surface area (Å²) in [4.78, 5) is 43.7. The fraction of sp³-hybridized carbons (Fsp3) is 0.897. The Morgan fingerprint density at radius 1 is 0.586 bits per heavy atom. The van der Waals surface area contributed by atoms with Crippen LogP contribution in [0, 0.1) is 5.92 Å². The highest BCUT2D eigenvalue weighted by atomic mass is 32.0. The van der Waals surface area contributed by atoms with Gasteiger partial charge >= 0.3 is 11.9 Å². The van der Waals surface area contributed by atoms with Crippen LogP contribution in [-0.4, -0.2) is 148 Å². The Hall–Kier alpha value is 7.56. The van der Waals surface area contributed by atoms with E-state index in [0.29, 0.717) is 67.3 Å². The van der Waals surface area contributed by atoms with Crippen molar-refractivity contribution in [2.45, 2.75) is 166 Å². The minimum Gasteiger partial charge on any atom is -0.480 e. The van der Waals surface area contributed by atoms with Gasteiger partial charge in [-0.3, -0.25) is 59.9 Å². The number of carboxylic acids is 2. The number of carboxylic acid groups (broad SMARTS) is 2. The van der Waals surface area contributed by atoms with E-state index in [4.69, 9.17) is 50.5 Å². The first-order valence-corrected chi connectivity index (χ1v) is 52.8. The summed E-state index contributed by atoms with van der Waals surface area (Å²) < 4.78 is 63.7. The van der Waals surface area contributed by atoms with Crippen molar-refractivity contribution in [2.24, 2.45) is 5.92 Å². The lowest BCUT2D eigenvalue weighted by molar-refractivity contribution is -0.141. The molecule has 1 fully saturated rings. The van der Waals surface area contributed by atoms with Gasteiger partial charge in [0.05, 0.1) is 53.9 Å². The van der Waals surface area contributed by atoms with Crippen LogP contribution in [0.15, 0.2) is 0 Å². The molecule has 0 saturated heterocycles. The first-order chi connectivity index (χ1) is 42.8. The van der Waals surface area contributed by atoms with E-state index in [-0.39, 0.29) is 61.2 Å². The fourth-order valence-electron chi connectivity index (χ4n) is 6.48. The predicted octanol–water partition coefficient (Wildman–Crippen LogP) is 9.50. The van der Waals surface area contributed by atoms with Gasteiger partial charge in [0.2, 0.25) is 11.8 Å². The zero-order valence-electron chi connectivity index (χ0n) is 54.2. The molecule has 38 atom stereocenters. The van der Waals surface area contributed by atoms with Gasteiger partial charge in [-0.15, -0.1) is 0 Å². The van der Waals surface area contributed by atoms with Gasteiger partial charge < -0.3 is 57.0 Å². The van der Waals surface area contributed by atoms with Crippen LogP contribution < -0.4 is 51.3 Å². The molecule has 0 heterocycles. The summed E-state index contributed by atoms with van der Waals surface area (Å²) in [6, 6.07) is -2.03. The van der Waals surface area contributed by atoms with Crippen molar-refractivity contribution in [3.63, 3.8) is 0 Å². The van der Waals surface area contributed by atoms with Crippen LogP contribution in [0.2, 0.25) is 0 Å². The molecule has 24 nitrogen and oxygen atoms in total. The standard InChI is InChI=1S/C7H19N2O2P3.C6H16NO3P3.C6H16NOP3.C6H18NOP3.C5H16NOP3.C4H13N2O2P3.C3H10NO3P3.C2H10NOP3/c1-3-4-5(11-14-13)6(9-12)7(10)8-2;1-2-3-4(10-13-12)5(7-11)6(8)9;1-4-2-5(7-9)6(3-4)8-11-10;1-3-4-6(2,5-7-9)8-11-10;1-2-3-5(4-6-8)7-10-9;1-5-4(7)3(6-9)2-8-11-10;5-3(6)2(4-8)1-7-10-9;5-3-1-2-4-7-6/h5-6,9,14H,3-4,12-13H2,1-2H3,(H,8,10);4-5,7,13H,2-3,11-12H2,1H3,(H,8,9);4-7,11H,2-3,9-10H2,1H3;7,11H,3-5,9-10H2,1-2H3;5-6,10H,2-4,8-9H2,1H3;3,6,11H,2,9-10H2,1H3,(H,5,7);2,4,10H,1,8-9H2,(H,5,6);3,7H,1-2,5-6H2/t5-,6?;4-,5?;4-,5?,6-;6-;5-;;;/m00000.../s1/i;;;;;2D;1D;2D/t5m;2-,3?;1-,2?;2-/m00000000/s1. The van der Waals surface area contributed by atoms with Gasteiger partial charge in [0.15, 0.2) is 0 Å². The van der Waals surface area contributed by atoms with Gasteiger partial charge in [-0.05, 0) is 51.4 Å². The summed E-state index contributed by atoms with van der Waals surface area (Å²) in [5, 5.41) is 45.0. The maximum Gasteiger partial charge on any atom is 0.323 e. The molecule has 2 amide bonds. The molecule has 29 unspecified atom stereocenters. The van der Waals surface area contributed by atoms with E-state index in [0.717, 1.165) is 64.0 Å². The first kappa shape index (κ1) is 101. The zero-order chi connectivity index (χ0) is 70.9. The third-order valence-corrected chi connectivity index (χ3v) is 19.5. The predicted molar refractivity (Wildman–Crippen MR) is 449 cm³/mol. The second-order valence-electron chi connectivity index (χ2n) is 17.1. The average molecular weight is 1700 g/mol. The molecule has 0 spiro atoms. The normalized spacial score (nSPS) is 19.6. The number of hydrogen-bond acceptors (Lipinski definition) is 20. The number of rotatable bonds is 43. The third-order valence-electron chi connectivity index (χ3n) is 10.5. The molecule has 1 aliphatic carbocycles. The molecule has 0 radical (unpaired) electrons. The highest BCUT2D eigenvalue weighted by Crippen LogP contribution is 2.36. The van der Waals surface area contributed by atoms with Crippen molar-refractivity contribution in [1.29, 1.82) is 0 Å². The second kappa shape index (κ2) is 84.2. The van der Waals surface area contributed by atoms with Crippen LogP contribution in [0.3, 0.4) is 0 Å². The van der Waals surface area contributed by atoms with Gasteiger partial charge in [0, 0.05) is 108 Å². The van der Waals surface area contributed by atoms with Gasteiger partial charge in [0.25, 0.3) is 0 Å². The smallest absolute Gasteiger partial charge is 0.323 e. The van der Waals surface area contributed by atoms with E-state index < -0.39 is 49.8 Å². The minimum atomic E-state index is -1.09. The summed E-state index contributed by atoms with van der Waals surface area (Å²) in [6.07, 6.45) is 11.1. The number of nitrogens with one attached hydrogen (secondary N) is 10. The van der Waals surface area contributed by atoms with Crippen molar-refractivity contribution in [3.8, 4) is 0 Å². The van der Waals surface area contributed by atoms with Crippen molar-refractivity contribution < 1.29 is 69.7 Å². The monoisotopic (exact) mass is 1700 g/mol. The number of likely N-dealkylation sites (N-methyl/N-ethyl adjacent to an activating group) is 2. The molecule has 12 N–H and O–H groups in total. The van der Waals surface area contributed by atoms with Crippen molar-refractivity contribution >= 4 is 238 Å². The van der Waals surface area contributed by atoms with E-state index in [9.17, 15) is 19.2 Å². The lowest BCUT2D eigenvalue weighted by Gasteiger charge is -2.28. The quantitative estimate of drug-likeness (QED) is 0.0253. The Labute approximate surface area is 580 Å². The maximum atomic E-state index is 11.5. The largest absolute Gasteiger partial charge is 0.480 e. The van der Waals surface area contributed by atoms with E-state index >= 15 is 0 Å². The summed E-state index contributed by atoms with van der Waals surface area (Å²) >= 11 is 0. The molecule has 1 saturated carbocycles. The number of carbonyl (C=O) groups excluding carboxylic acids is 2. The summed E-state index contributed by atoms with van der Waals surface area (Å²) in [7, 11) is 44.4. The highest BCUT2D eigenvalue weighted by Gasteiger charge is 2.31. The molecular weight excluding hydrogens is 1580 g/mol. The van der Waals surface area contributed by atoms with Crippen molar-refractivity contribution in [1.82, 2.24) is 51.3 Å². The molecule has 87 heavy (non-hydrogen) atoms. The Kier molecular flexibility index (Phi) is 97.7. The van der Waals surface area contributed by atoms with Gasteiger partial charge in [-0.1, -0.05) is 207 Å². The van der Waals surface area contributed by atoms with Gasteiger partial charge in [-0.2, -0.15) is 0 Å². The molecule has 0 aromatic carbocycles. The van der Waals surface area contributed by atoms with Crippen LogP contribution in [0.25, 0.3) is 0 Å². The van der Waals surface area contributed by atoms with Crippen molar-refractivity contribution in [3.05, 3.63) is 0 Å². The van der Waals surface area contributed by atoms with E-state index in [1.54, 1.807) is 7.05 Å². The second-order valence-corrected chi connectivity index (χ2v) is 29.4. The number of amides is 2. The molecule has 0 bridgehead atoms. The van der Waals surface area contributed by atoms with Gasteiger partial charge in [-0.25, -0.2) is 0 Å². The first-order valence-electron chi connectivity index (χ1n) is 28.2. The lowest BCUT2D eigenvalue weighted by atomic mass is 10.0. The Balaban J connectivity index is -0.000000176. The molecule has 1 aliphatic rings. The number of carbonyl (C=O) groups is 4. The Bertz CT molecular complexity index is 1570. The minimum absolute atomic E-state index is 0.0106. The molecule has 1 rings (SSSR count). The molecule has 0 aromatic heterocycles. The summed E-state index contributed by atoms with van der Waals surface area (Å²) in [6.45, 7) is 12.9. The molecular formula is C39H118N10O14P24. The highest BCUT2D eigenvalue weighted by molar-refractivity contribution is 8.01. The summed E-state index contributed by atoms with van der Waals surface area (Å²) in [5.74, 6) is -1.46. The van der Waals surface area contributed by atoms with Crippen LogP contribution >= 0.6 is 215 Å². The molecule has 0 aromatic rings. The average Bonchev–Trinajstić information content (AvgIpc) is 2.40. The van der Waals surface area contributed by atoms with Crippen LogP contribution in [0.4, 0.5) is 0 Å². The molecule has 0 aliphatic heterocycles. The fourth-order valence-corrected chi connectivity index (χ4v) is 15.3. The molecule has 48 heteroatoms. The number of aliphatic carboxylic acids is 2. The third kappa shape index (κ3) is 70.4.